The number of hydrogen-bond donors (Lipinski definition) is 0. The normalized spacial score (nSPS) is 11.7. The Kier molecular flexibility index (Phi) is 35.2. The van der Waals surface area contributed by atoms with E-state index in [0.29, 0.717) is 12.8 Å². The molecule has 0 saturated carbocycles. The quantitative estimate of drug-likeness (QED) is 0.0222. The third kappa shape index (κ3) is 29.5. The van der Waals surface area contributed by atoms with Crippen LogP contribution in [0.1, 0.15) is 214 Å². The van der Waals surface area contributed by atoms with Crippen LogP contribution in [0.15, 0.2) is 47.4 Å². The van der Waals surface area contributed by atoms with Gasteiger partial charge in [0.1, 0.15) is 10.1 Å². The molecule has 0 aromatic heterocycles. The summed E-state index contributed by atoms with van der Waals surface area (Å²) in [4.78, 5) is 25.2. The Bertz CT molecular complexity index is 1210. The van der Waals surface area contributed by atoms with Gasteiger partial charge in [-0.15, -0.1) is 0 Å². The van der Waals surface area contributed by atoms with Gasteiger partial charge in [0.05, 0.1) is 29.2 Å². The minimum atomic E-state index is -4.82. The molecule has 1 rings (SSSR count). The molecule has 9 heteroatoms. The van der Waals surface area contributed by atoms with Crippen molar-refractivity contribution in [1.29, 1.82) is 0 Å². The molecule has 1 aromatic rings. The molecule has 0 aliphatic heterocycles. The average molecular weight is 769 g/mol. The zero-order valence-corrected chi connectivity index (χ0v) is 36.8. The Balaban J connectivity index is 0.0000270. The summed E-state index contributed by atoms with van der Waals surface area (Å²) in [5.74, 6) is -1.57. The standard InChI is InChI=1S/C44H74O7S.Na/c1-3-5-7-9-11-13-15-17-19-21-23-25-27-29-31-33-37-50-43(45)41-36-35-40(52(47,48)49)39-42(41)44(46)51-38-34-32-30-28-26-24-22-20-18-16-14-12-10-8-6-4-2;/h21-24,35-36,39H,3-20,25-34,37-38H2,1-2H3,(H,47,48,49);/q;+1/p-1/b23-21+,24-22+;. The molecule has 0 amide bonds. The van der Waals surface area contributed by atoms with Crippen LogP contribution >= 0.6 is 0 Å². The van der Waals surface area contributed by atoms with Crippen molar-refractivity contribution in [3.63, 3.8) is 0 Å². The van der Waals surface area contributed by atoms with E-state index >= 15 is 0 Å². The van der Waals surface area contributed by atoms with Gasteiger partial charge in [0, 0.05) is 0 Å². The van der Waals surface area contributed by atoms with Crippen molar-refractivity contribution in [2.75, 3.05) is 13.2 Å². The molecule has 0 fully saturated rings. The third-order valence-corrected chi connectivity index (χ3v) is 10.3. The second kappa shape index (κ2) is 36.2. The maximum atomic E-state index is 12.9. The summed E-state index contributed by atoms with van der Waals surface area (Å²) in [5.41, 5.74) is -0.361. The molecule has 0 heterocycles. The van der Waals surface area contributed by atoms with Crippen molar-refractivity contribution in [2.24, 2.45) is 0 Å². The van der Waals surface area contributed by atoms with Crippen molar-refractivity contribution in [2.45, 2.75) is 199 Å². The Labute approximate surface area is 347 Å². The minimum Gasteiger partial charge on any atom is -0.744 e. The largest absolute Gasteiger partial charge is 1.00 e. The smallest absolute Gasteiger partial charge is 0.744 e. The fourth-order valence-corrected chi connectivity index (χ4v) is 6.71. The number of allylic oxidation sites excluding steroid dienone is 4. The van der Waals surface area contributed by atoms with Crippen molar-refractivity contribution in [3.05, 3.63) is 53.6 Å². The molecular weight excluding hydrogens is 696 g/mol. The number of carbonyl (C=O) groups excluding carboxylic acids is 2. The fourth-order valence-electron chi connectivity index (χ4n) is 6.21. The molecule has 0 aliphatic rings. The maximum absolute atomic E-state index is 12.9. The van der Waals surface area contributed by atoms with Gasteiger partial charge < -0.3 is 14.0 Å². The van der Waals surface area contributed by atoms with Crippen LogP contribution in [0, 0.1) is 0 Å². The van der Waals surface area contributed by atoms with Gasteiger partial charge in [0.25, 0.3) is 0 Å². The van der Waals surface area contributed by atoms with E-state index in [4.69, 9.17) is 9.47 Å². The number of rotatable bonds is 35. The molecule has 298 valence electrons. The Hall–Kier alpha value is -1.45. The zero-order valence-electron chi connectivity index (χ0n) is 34.0. The van der Waals surface area contributed by atoms with Gasteiger partial charge in [-0.25, -0.2) is 18.0 Å². The molecule has 0 saturated heterocycles. The first-order valence-corrected chi connectivity index (χ1v) is 22.5. The summed E-state index contributed by atoms with van der Waals surface area (Å²) >= 11 is 0. The van der Waals surface area contributed by atoms with E-state index in [0.717, 1.165) is 82.4 Å². The van der Waals surface area contributed by atoms with Gasteiger partial charge in [-0.2, -0.15) is 0 Å². The molecule has 53 heavy (non-hydrogen) atoms. The number of ether oxygens (including phenoxy) is 2. The van der Waals surface area contributed by atoms with Crippen molar-refractivity contribution < 1.29 is 61.6 Å². The van der Waals surface area contributed by atoms with Crippen LogP contribution in [-0.2, 0) is 19.6 Å². The number of esters is 2. The van der Waals surface area contributed by atoms with Crippen LogP contribution in [0.4, 0.5) is 0 Å². The van der Waals surface area contributed by atoms with E-state index in [1.54, 1.807) is 0 Å². The van der Waals surface area contributed by atoms with E-state index in [1.165, 1.54) is 103 Å². The van der Waals surface area contributed by atoms with Gasteiger partial charge in [0.2, 0.25) is 0 Å². The summed E-state index contributed by atoms with van der Waals surface area (Å²) in [6.45, 7) is 4.84. The monoisotopic (exact) mass is 768 g/mol. The van der Waals surface area contributed by atoms with E-state index < -0.39 is 27.0 Å². The molecule has 0 N–H and O–H groups in total. The van der Waals surface area contributed by atoms with Crippen molar-refractivity contribution >= 4 is 22.1 Å². The van der Waals surface area contributed by atoms with Gasteiger partial charge in [-0.1, -0.05) is 154 Å². The van der Waals surface area contributed by atoms with E-state index in [2.05, 4.69) is 38.2 Å². The minimum absolute atomic E-state index is 0. The number of unbranched alkanes of at least 4 members (excludes halogenated alkanes) is 24. The van der Waals surface area contributed by atoms with E-state index in [9.17, 15) is 22.6 Å². The van der Waals surface area contributed by atoms with Crippen LogP contribution in [0.25, 0.3) is 0 Å². The molecule has 0 atom stereocenters. The Morgan fingerprint density at radius 2 is 0.830 bits per heavy atom. The van der Waals surface area contributed by atoms with Crippen LogP contribution in [0.2, 0.25) is 0 Å². The molecule has 0 aliphatic carbocycles. The van der Waals surface area contributed by atoms with Crippen LogP contribution in [-0.4, -0.2) is 38.1 Å². The zero-order chi connectivity index (χ0) is 38.0. The first-order chi connectivity index (χ1) is 25.3. The van der Waals surface area contributed by atoms with Crippen LogP contribution < -0.4 is 29.6 Å². The Morgan fingerprint density at radius 3 is 1.19 bits per heavy atom. The SMILES string of the molecule is CCCCCCCCCC/C=C/CCCCCCOC(=O)c1ccc(S(=O)(=O)[O-])cc1C(=O)OCCCCCC/C=C/CCCCCCCCCC.[Na+]. The summed E-state index contributed by atoms with van der Waals surface area (Å²) in [6, 6.07) is 3.11. The predicted octanol–water partition coefficient (Wildman–Crippen LogP) is 9.98. The molecular formula is C44H73NaO7S. The number of carbonyl (C=O) groups is 2. The van der Waals surface area contributed by atoms with Gasteiger partial charge in [-0.3, -0.25) is 0 Å². The van der Waals surface area contributed by atoms with Gasteiger partial charge in [0.15, 0.2) is 0 Å². The summed E-state index contributed by atoms with van der Waals surface area (Å²) in [7, 11) is -4.82. The molecule has 0 radical (unpaired) electrons. The second-order valence-corrected chi connectivity index (χ2v) is 15.7. The molecule has 7 nitrogen and oxygen atoms in total. The predicted molar refractivity (Wildman–Crippen MR) is 214 cm³/mol. The average Bonchev–Trinajstić information content (AvgIpc) is 3.13. The van der Waals surface area contributed by atoms with E-state index in [1.807, 2.05) is 0 Å². The van der Waals surface area contributed by atoms with Gasteiger partial charge >= 0.3 is 41.5 Å². The second-order valence-electron chi connectivity index (χ2n) is 14.3. The number of benzene rings is 1. The van der Waals surface area contributed by atoms with Crippen LogP contribution in [0.5, 0.6) is 0 Å². The fraction of sp³-hybridized carbons (Fsp3) is 0.727. The number of hydrogen-bond acceptors (Lipinski definition) is 7. The first kappa shape index (κ1) is 51.5. The molecule has 0 unspecified atom stereocenters. The topological polar surface area (TPSA) is 110 Å². The Morgan fingerprint density at radius 1 is 0.509 bits per heavy atom. The molecule has 0 bridgehead atoms. The van der Waals surface area contributed by atoms with Crippen molar-refractivity contribution in [1.82, 2.24) is 0 Å². The van der Waals surface area contributed by atoms with Gasteiger partial charge in [-0.05, 0) is 82.4 Å². The summed E-state index contributed by atoms with van der Waals surface area (Å²) in [5, 5.41) is 0. The first-order valence-electron chi connectivity index (χ1n) is 21.0. The molecule has 1 aromatic carbocycles. The van der Waals surface area contributed by atoms with E-state index in [-0.39, 0.29) is 53.9 Å². The third-order valence-electron chi connectivity index (χ3n) is 9.50. The molecule has 0 spiro atoms. The maximum Gasteiger partial charge on any atom is 1.00 e. The van der Waals surface area contributed by atoms with Crippen molar-refractivity contribution in [3.8, 4) is 0 Å². The van der Waals surface area contributed by atoms with Crippen LogP contribution in [0.3, 0.4) is 0 Å². The summed E-state index contributed by atoms with van der Waals surface area (Å²) < 4.78 is 45.7. The summed E-state index contributed by atoms with van der Waals surface area (Å²) in [6.07, 6.45) is 42.2.